The Hall–Kier alpha value is -2.73. The van der Waals surface area contributed by atoms with E-state index in [0.29, 0.717) is 12.5 Å². The minimum Gasteiger partial charge on any atom is -0.370 e. The van der Waals surface area contributed by atoms with Crippen LogP contribution >= 0.6 is 11.6 Å². The Morgan fingerprint density at radius 1 is 1.15 bits per heavy atom. The number of piperazine rings is 1. The van der Waals surface area contributed by atoms with E-state index in [-0.39, 0.29) is 0 Å². The summed E-state index contributed by atoms with van der Waals surface area (Å²) in [5, 5.41) is 1.92. The van der Waals surface area contributed by atoms with Crippen molar-refractivity contribution in [3.05, 3.63) is 59.4 Å². The molecule has 0 saturated carbocycles. The lowest BCUT2D eigenvalue weighted by Crippen LogP contribution is -2.51. The van der Waals surface area contributed by atoms with Crippen molar-refractivity contribution >= 4 is 34.3 Å². The smallest absolute Gasteiger partial charge is 0.191 e. The third kappa shape index (κ3) is 4.01. The van der Waals surface area contributed by atoms with Gasteiger partial charge in [0.25, 0.3) is 0 Å². The van der Waals surface area contributed by atoms with Crippen molar-refractivity contribution in [2.45, 2.75) is 6.42 Å². The van der Waals surface area contributed by atoms with Crippen molar-refractivity contribution < 1.29 is 0 Å². The third-order valence-corrected chi connectivity index (χ3v) is 5.24. The summed E-state index contributed by atoms with van der Waals surface area (Å²) in [6.45, 7) is 4.26. The van der Waals surface area contributed by atoms with Gasteiger partial charge in [0.15, 0.2) is 5.96 Å². The summed E-state index contributed by atoms with van der Waals surface area (Å²) >= 11 is 5.97. The number of guanidine groups is 1. The van der Waals surface area contributed by atoms with Crippen LogP contribution in [0.25, 0.3) is 11.0 Å². The van der Waals surface area contributed by atoms with E-state index in [1.807, 2.05) is 24.4 Å². The maximum Gasteiger partial charge on any atom is 0.191 e. The number of halogens is 1. The van der Waals surface area contributed by atoms with Gasteiger partial charge in [0.1, 0.15) is 5.65 Å². The predicted octanol–water partition coefficient (Wildman–Crippen LogP) is 2.90. The fraction of sp³-hybridized carbons (Fsp3) is 0.300. The Morgan fingerprint density at radius 2 is 1.93 bits per heavy atom. The number of nitrogens with zero attached hydrogens (tertiary/aromatic N) is 4. The molecule has 7 heteroatoms. The van der Waals surface area contributed by atoms with Crippen LogP contribution in [0.5, 0.6) is 0 Å². The van der Waals surface area contributed by atoms with E-state index in [1.165, 1.54) is 11.3 Å². The molecule has 0 bridgehead atoms. The number of benzene rings is 1. The lowest BCUT2D eigenvalue weighted by Gasteiger charge is -2.36. The quantitative estimate of drug-likeness (QED) is 0.537. The number of nitrogens with two attached hydrogens (primary N) is 1. The molecule has 3 N–H and O–H groups in total. The van der Waals surface area contributed by atoms with Crippen LogP contribution in [0.2, 0.25) is 5.02 Å². The Kier molecular flexibility index (Phi) is 5.16. The molecule has 6 nitrogen and oxygen atoms in total. The SMILES string of the molecule is NC(=NCCc1c[nH]c2ncccc12)N1CCN(c2ccc(Cl)cc2)CC1. The maximum absolute atomic E-state index is 6.22. The molecule has 140 valence electrons. The van der Waals surface area contributed by atoms with Crippen LogP contribution in [0.3, 0.4) is 0 Å². The second-order valence-electron chi connectivity index (χ2n) is 6.65. The Morgan fingerprint density at radius 3 is 2.70 bits per heavy atom. The summed E-state index contributed by atoms with van der Waals surface area (Å²) in [4.78, 5) is 16.6. The second-order valence-corrected chi connectivity index (χ2v) is 7.09. The largest absolute Gasteiger partial charge is 0.370 e. The van der Waals surface area contributed by atoms with E-state index < -0.39 is 0 Å². The van der Waals surface area contributed by atoms with Gasteiger partial charge in [-0.3, -0.25) is 4.99 Å². The van der Waals surface area contributed by atoms with Crippen molar-refractivity contribution in [2.75, 3.05) is 37.6 Å². The first kappa shape index (κ1) is 17.7. The molecule has 0 aliphatic carbocycles. The highest BCUT2D eigenvalue weighted by Gasteiger charge is 2.18. The van der Waals surface area contributed by atoms with Crippen molar-refractivity contribution in [3.63, 3.8) is 0 Å². The number of aromatic nitrogens is 2. The molecule has 0 unspecified atom stereocenters. The van der Waals surface area contributed by atoms with Gasteiger partial charge in [0, 0.05) is 61.2 Å². The average molecular weight is 383 g/mol. The van der Waals surface area contributed by atoms with Gasteiger partial charge in [-0.15, -0.1) is 0 Å². The fourth-order valence-corrected chi connectivity index (χ4v) is 3.58. The van der Waals surface area contributed by atoms with Gasteiger partial charge in [-0.25, -0.2) is 4.98 Å². The zero-order valence-electron chi connectivity index (χ0n) is 15.1. The van der Waals surface area contributed by atoms with Crippen molar-refractivity contribution in [1.29, 1.82) is 0 Å². The van der Waals surface area contributed by atoms with Crippen LogP contribution in [0.4, 0.5) is 5.69 Å². The molecule has 1 aliphatic heterocycles. The summed E-state index contributed by atoms with van der Waals surface area (Å²) < 4.78 is 0. The second kappa shape index (κ2) is 7.88. The number of hydrogen-bond acceptors (Lipinski definition) is 3. The van der Waals surface area contributed by atoms with Gasteiger partial charge in [0.05, 0.1) is 0 Å². The minimum atomic E-state index is 0.628. The van der Waals surface area contributed by atoms with Gasteiger partial charge in [-0.05, 0) is 48.4 Å². The molecule has 1 aliphatic rings. The first-order chi connectivity index (χ1) is 13.2. The van der Waals surface area contributed by atoms with Crippen LogP contribution in [0.15, 0.2) is 53.8 Å². The predicted molar refractivity (Wildman–Crippen MR) is 112 cm³/mol. The van der Waals surface area contributed by atoms with Gasteiger partial charge in [-0.1, -0.05) is 11.6 Å². The van der Waals surface area contributed by atoms with E-state index in [1.54, 1.807) is 6.20 Å². The minimum absolute atomic E-state index is 0.628. The molecular weight excluding hydrogens is 360 g/mol. The number of aliphatic imine (C=N–C) groups is 1. The van der Waals surface area contributed by atoms with Crippen molar-refractivity contribution in [1.82, 2.24) is 14.9 Å². The van der Waals surface area contributed by atoms with E-state index in [9.17, 15) is 0 Å². The van der Waals surface area contributed by atoms with Crippen LogP contribution in [-0.4, -0.2) is 53.6 Å². The molecule has 0 radical (unpaired) electrons. The fourth-order valence-electron chi connectivity index (χ4n) is 3.46. The molecule has 3 aromatic rings. The molecule has 1 aromatic carbocycles. The molecule has 4 rings (SSSR count). The van der Waals surface area contributed by atoms with E-state index >= 15 is 0 Å². The zero-order valence-corrected chi connectivity index (χ0v) is 15.9. The highest BCUT2D eigenvalue weighted by molar-refractivity contribution is 6.30. The first-order valence-electron chi connectivity index (χ1n) is 9.17. The topological polar surface area (TPSA) is 73.5 Å². The molecule has 1 fully saturated rings. The van der Waals surface area contributed by atoms with Crippen molar-refractivity contribution in [2.24, 2.45) is 10.7 Å². The molecule has 3 heterocycles. The molecule has 0 atom stereocenters. The van der Waals surface area contributed by atoms with Gasteiger partial charge >= 0.3 is 0 Å². The number of hydrogen-bond donors (Lipinski definition) is 2. The summed E-state index contributed by atoms with van der Waals surface area (Å²) in [5.41, 5.74) is 9.56. The Labute approximate surface area is 163 Å². The number of fused-ring (bicyclic) bond motifs is 1. The molecule has 0 spiro atoms. The number of anilines is 1. The Bertz CT molecular complexity index is 925. The van der Waals surface area contributed by atoms with E-state index in [0.717, 1.165) is 48.7 Å². The van der Waals surface area contributed by atoms with E-state index in [2.05, 4.69) is 43.0 Å². The standard InChI is InChI=1S/C20H23ClN6/c21-16-3-5-17(6-4-16)26-10-12-27(13-11-26)20(22)24-9-7-15-14-25-19-18(15)2-1-8-23-19/h1-6,8,14H,7,9-13H2,(H2,22,24)(H,23,25). The van der Waals surface area contributed by atoms with E-state index in [4.69, 9.17) is 17.3 Å². The third-order valence-electron chi connectivity index (χ3n) is 4.99. The van der Waals surface area contributed by atoms with Crippen molar-refractivity contribution in [3.8, 4) is 0 Å². The number of aromatic amines is 1. The molecule has 0 amide bonds. The monoisotopic (exact) mass is 382 g/mol. The number of rotatable bonds is 4. The normalized spacial score (nSPS) is 15.5. The zero-order chi connectivity index (χ0) is 18.6. The summed E-state index contributed by atoms with van der Waals surface area (Å²) in [6, 6.07) is 12.0. The van der Waals surface area contributed by atoms with Gasteiger partial charge in [-0.2, -0.15) is 0 Å². The van der Waals surface area contributed by atoms with Gasteiger partial charge < -0.3 is 20.5 Å². The summed E-state index contributed by atoms with van der Waals surface area (Å²) in [6.07, 6.45) is 4.65. The highest BCUT2D eigenvalue weighted by Crippen LogP contribution is 2.19. The lowest BCUT2D eigenvalue weighted by atomic mass is 10.1. The molecular formula is C20H23ClN6. The van der Waals surface area contributed by atoms with Crippen LogP contribution in [0.1, 0.15) is 5.56 Å². The number of pyridine rings is 1. The summed E-state index contributed by atoms with van der Waals surface area (Å²) in [7, 11) is 0. The maximum atomic E-state index is 6.22. The molecule has 2 aromatic heterocycles. The Balaban J connectivity index is 1.31. The molecule has 1 saturated heterocycles. The average Bonchev–Trinajstić information content (AvgIpc) is 3.12. The first-order valence-corrected chi connectivity index (χ1v) is 9.55. The highest BCUT2D eigenvalue weighted by atomic mass is 35.5. The molecule has 27 heavy (non-hydrogen) atoms. The number of nitrogens with one attached hydrogen (secondary N) is 1. The van der Waals surface area contributed by atoms with Crippen LogP contribution < -0.4 is 10.6 Å². The summed E-state index contributed by atoms with van der Waals surface area (Å²) in [5.74, 6) is 0.628. The van der Waals surface area contributed by atoms with Gasteiger partial charge in [0.2, 0.25) is 0 Å². The lowest BCUT2D eigenvalue weighted by molar-refractivity contribution is 0.381. The van der Waals surface area contributed by atoms with Crippen LogP contribution in [0, 0.1) is 0 Å². The number of H-pyrrole nitrogens is 1. The van der Waals surface area contributed by atoms with Crippen LogP contribution in [-0.2, 0) is 6.42 Å².